The van der Waals surface area contributed by atoms with E-state index in [-0.39, 0.29) is 0 Å². The molecule has 0 aliphatic carbocycles. The van der Waals surface area contributed by atoms with Gasteiger partial charge in [-0.25, -0.2) is 4.68 Å². The van der Waals surface area contributed by atoms with Crippen molar-refractivity contribution in [3.05, 3.63) is 46.7 Å². The van der Waals surface area contributed by atoms with Crippen LogP contribution < -0.4 is 5.73 Å². The molecule has 14 heavy (non-hydrogen) atoms. The molecule has 2 aromatic rings. The number of para-hydroxylation sites is 1. The minimum atomic E-state index is 0.470. The van der Waals surface area contributed by atoms with Gasteiger partial charge >= 0.3 is 0 Å². The molecule has 0 amide bonds. The van der Waals surface area contributed by atoms with E-state index in [2.05, 4.69) is 21.0 Å². The standard InChI is InChI=1S/C10H10BrN3/c11-9-3-1-2-4-10(9)14-6-5-8(7-12)13-14/h1-6H,7,12H2. The molecule has 0 atom stereocenters. The summed E-state index contributed by atoms with van der Waals surface area (Å²) in [4.78, 5) is 0. The van der Waals surface area contributed by atoms with E-state index in [1.807, 2.05) is 41.2 Å². The summed E-state index contributed by atoms with van der Waals surface area (Å²) in [6.07, 6.45) is 1.91. The van der Waals surface area contributed by atoms with Crippen LogP contribution in [0.2, 0.25) is 0 Å². The maximum absolute atomic E-state index is 5.49. The molecule has 0 bridgehead atoms. The molecule has 0 unspecified atom stereocenters. The van der Waals surface area contributed by atoms with Crippen molar-refractivity contribution in [3.8, 4) is 5.69 Å². The topological polar surface area (TPSA) is 43.8 Å². The summed E-state index contributed by atoms with van der Waals surface area (Å²) in [6.45, 7) is 0.470. The highest BCUT2D eigenvalue weighted by atomic mass is 79.9. The zero-order chi connectivity index (χ0) is 9.97. The molecule has 0 aliphatic rings. The Balaban J connectivity index is 2.44. The van der Waals surface area contributed by atoms with E-state index in [9.17, 15) is 0 Å². The first-order valence-electron chi connectivity index (χ1n) is 4.31. The molecule has 0 saturated heterocycles. The summed E-state index contributed by atoms with van der Waals surface area (Å²) in [5.74, 6) is 0. The number of halogens is 1. The molecule has 2 rings (SSSR count). The van der Waals surface area contributed by atoms with Gasteiger partial charge in [0, 0.05) is 17.2 Å². The first-order valence-corrected chi connectivity index (χ1v) is 5.10. The second-order valence-corrected chi connectivity index (χ2v) is 3.76. The highest BCUT2D eigenvalue weighted by molar-refractivity contribution is 9.10. The molecule has 72 valence electrons. The van der Waals surface area contributed by atoms with E-state index < -0.39 is 0 Å². The molecule has 0 radical (unpaired) electrons. The Morgan fingerprint density at radius 3 is 2.71 bits per heavy atom. The fourth-order valence-electron chi connectivity index (χ4n) is 1.24. The summed E-state index contributed by atoms with van der Waals surface area (Å²) in [5.41, 5.74) is 7.40. The van der Waals surface area contributed by atoms with Gasteiger partial charge in [-0.3, -0.25) is 0 Å². The SMILES string of the molecule is NCc1ccn(-c2ccccc2Br)n1. The third-order valence-electron chi connectivity index (χ3n) is 1.95. The Morgan fingerprint density at radius 2 is 2.07 bits per heavy atom. The van der Waals surface area contributed by atoms with Gasteiger partial charge in [0.15, 0.2) is 0 Å². The van der Waals surface area contributed by atoms with Gasteiger partial charge < -0.3 is 5.73 Å². The average Bonchev–Trinajstić information content (AvgIpc) is 2.67. The van der Waals surface area contributed by atoms with Crippen LogP contribution in [0.4, 0.5) is 0 Å². The molecule has 3 nitrogen and oxygen atoms in total. The second-order valence-electron chi connectivity index (χ2n) is 2.91. The van der Waals surface area contributed by atoms with Crippen LogP contribution in [0.3, 0.4) is 0 Å². The van der Waals surface area contributed by atoms with Gasteiger partial charge in [-0.05, 0) is 34.1 Å². The second kappa shape index (κ2) is 3.94. The van der Waals surface area contributed by atoms with Crippen molar-refractivity contribution < 1.29 is 0 Å². The number of rotatable bonds is 2. The summed E-state index contributed by atoms with van der Waals surface area (Å²) < 4.78 is 2.83. The van der Waals surface area contributed by atoms with Gasteiger partial charge in [-0.2, -0.15) is 5.10 Å². The Morgan fingerprint density at radius 1 is 1.29 bits per heavy atom. The van der Waals surface area contributed by atoms with Crippen molar-refractivity contribution in [2.24, 2.45) is 5.73 Å². The molecule has 1 aromatic carbocycles. The Bertz CT molecular complexity index is 436. The molecule has 4 heteroatoms. The van der Waals surface area contributed by atoms with Crippen molar-refractivity contribution in [1.82, 2.24) is 9.78 Å². The minimum Gasteiger partial charge on any atom is -0.325 e. The van der Waals surface area contributed by atoms with Crippen LogP contribution in [-0.2, 0) is 6.54 Å². The molecule has 2 N–H and O–H groups in total. The lowest BCUT2D eigenvalue weighted by Gasteiger charge is -2.02. The Hall–Kier alpha value is -1.13. The summed E-state index contributed by atoms with van der Waals surface area (Å²) in [7, 11) is 0. The maximum atomic E-state index is 5.49. The van der Waals surface area contributed by atoms with Crippen molar-refractivity contribution >= 4 is 15.9 Å². The smallest absolute Gasteiger partial charge is 0.0787 e. The van der Waals surface area contributed by atoms with Gasteiger partial charge in [0.25, 0.3) is 0 Å². The van der Waals surface area contributed by atoms with Gasteiger partial charge in [0.05, 0.1) is 11.4 Å². The quantitative estimate of drug-likeness (QED) is 0.889. The molecular weight excluding hydrogens is 242 g/mol. The van der Waals surface area contributed by atoms with E-state index in [4.69, 9.17) is 5.73 Å². The van der Waals surface area contributed by atoms with Gasteiger partial charge in [0.1, 0.15) is 0 Å². The molecule has 0 aliphatic heterocycles. The lowest BCUT2D eigenvalue weighted by atomic mass is 10.3. The van der Waals surface area contributed by atoms with Crippen LogP contribution >= 0.6 is 15.9 Å². The van der Waals surface area contributed by atoms with Gasteiger partial charge in [-0.1, -0.05) is 12.1 Å². The molecule has 1 aromatic heterocycles. The number of hydrogen-bond acceptors (Lipinski definition) is 2. The summed E-state index contributed by atoms with van der Waals surface area (Å²) in [6, 6.07) is 9.85. The van der Waals surface area contributed by atoms with E-state index in [0.717, 1.165) is 15.9 Å². The maximum Gasteiger partial charge on any atom is 0.0787 e. The third-order valence-corrected chi connectivity index (χ3v) is 2.62. The molecule has 0 spiro atoms. The molecular formula is C10H10BrN3. The van der Waals surface area contributed by atoms with Crippen LogP contribution in [0, 0.1) is 0 Å². The number of nitrogens with zero attached hydrogens (tertiary/aromatic N) is 2. The van der Waals surface area contributed by atoms with Crippen LogP contribution in [0.5, 0.6) is 0 Å². The van der Waals surface area contributed by atoms with Crippen molar-refractivity contribution in [2.75, 3.05) is 0 Å². The van der Waals surface area contributed by atoms with Crippen LogP contribution in [0.1, 0.15) is 5.69 Å². The number of hydrogen-bond donors (Lipinski definition) is 1. The predicted octanol–water partition coefficient (Wildman–Crippen LogP) is 2.09. The highest BCUT2D eigenvalue weighted by Crippen LogP contribution is 2.19. The summed E-state index contributed by atoms with van der Waals surface area (Å²) in [5, 5.41) is 4.32. The normalized spacial score (nSPS) is 10.4. The largest absolute Gasteiger partial charge is 0.325 e. The number of benzene rings is 1. The first-order chi connectivity index (χ1) is 6.81. The summed E-state index contributed by atoms with van der Waals surface area (Å²) >= 11 is 3.47. The predicted molar refractivity (Wildman–Crippen MR) is 59.2 cm³/mol. The van der Waals surface area contributed by atoms with Crippen molar-refractivity contribution in [3.63, 3.8) is 0 Å². The zero-order valence-corrected chi connectivity index (χ0v) is 9.11. The molecule has 0 saturated carbocycles. The number of nitrogens with two attached hydrogens (primary N) is 1. The van der Waals surface area contributed by atoms with E-state index >= 15 is 0 Å². The Labute approximate surface area is 90.7 Å². The van der Waals surface area contributed by atoms with Crippen molar-refractivity contribution in [2.45, 2.75) is 6.54 Å². The lowest BCUT2D eigenvalue weighted by Crippen LogP contribution is -2.00. The van der Waals surface area contributed by atoms with Gasteiger partial charge in [-0.15, -0.1) is 0 Å². The molecule has 0 fully saturated rings. The van der Waals surface area contributed by atoms with Crippen molar-refractivity contribution in [1.29, 1.82) is 0 Å². The van der Waals surface area contributed by atoms with E-state index in [1.165, 1.54) is 0 Å². The van der Waals surface area contributed by atoms with Crippen LogP contribution in [0.15, 0.2) is 41.0 Å². The first kappa shape index (κ1) is 9.43. The monoisotopic (exact) mass is 251 g/mol. The number of aromatic nitrogens is 2. The van der Waals surface area contributed by atoms with Crippen LogP contribution in [-0.4, -0.2) is 9.78 Å². The third kappa shape index (κ3) is 1.71. The highest BCUT2D eigenvalue weighted by Gasteiger charge is 2.02. The van der Waals surface area contributed by atoms with E-state index in [1.54, 1.807) is 0 Å². The minimum absolute atomic E-state index is 0.470. The molecule has 1 heterocycles. The van der Waals surface area contributed by atoms with E-state index in [0.29, 0.717) is 6.54 Å². The van der Waals surface area contributed by atoms with Gasteiger partial charge in [0.2, 0.25) is 0 Å². The average molecular weight is 252 g/mol. The lowest BCUT2D eigenvalue weighted by molar-refractivity contribution is 0.830. The van der Waals surface area contributed by atoms with Crippen LogP contribution in [0.25, 0.3) is 5.69 Å². The zero-order valence-electron chi connectivity index (χ0n) is 7.52. The fourth-order valence-corrected chi connectivity index (χ4v) is 1.71. The fraction of sp³-hybridized carbons (Fsp3) is 0.100. The Kier molecular flexibility index (Phi) is 2.65.